The first-order valence-corrected chi connectivity index (χ1v) is 9.58. The lowest BCUT2D eigenvalue weighted by molar-refractivity contribution is 0.337. The Bertz CT molecular complexity index is 927. The van der Waals surface area contributed by atoms with Crippen molar-refractivity contribution in [1.82, 2.24) is 15.0 Å². The van der Waals surface area contributed by atoms with Gasteiger partial charge in [0.1, 0.15) is 11.5 Å². The highest BCUT2D eigenvalue weighted by Crippen LogP contribution is 2.30. The molecule has 0 amide bonds. The largest absolute Gasteiger partial charge is 0.493 e. The Morgan fingerprint density at radius 1 is 1.40 bits per heavy atom. The molecule has 1 unspecified atom stereocenters. The summed E-state index contributed by atoms with van der Waals surface area (Å²) in [5.41, 5.74) is 4.50. The van der Waals surface area contributed by atoms with E-state index in [1.165, 1.54) is 0 Å². The van der Waals surface area contributed by atoms with E-state index >= 15 is 0 Å². The van der Waals surface area contributed by atoms with Crippen LogP contribution in [0.15, 0.2) is 29.6 Å². The van der Waals surface area contributed by atoms with Crippen molar-refractivity contribution in [2.24, 2.45) is 0 Å². The average Bonchev–Trinajstić information content (AvgIpc) is 3.22. The maximum atomic E-state index is 12.8. The lowest BCUT2D eigenvalue weighted by atomic mass is 10.1. The molecule has 1 N–H and O–H groups in total. The number of hydrogen-bond acceptors (Lipinski definition) is 5. The van der Waals surface area contributed by atoms with Crippen molar-refractivity contribution in [2.45, 2.75) is 31.2 Å². The third kappa shape index (κ3) is 3.00. The van der Waals surface area contributed by atoms with E-state index in [1.807, 2.05) is 32.0 Å². The first kappa shape index (κ1) is 16.1. The van der Waals surface area contributed by atoms with E-state index < -0.39 is 10.8 Å². The number of rotatable bonds is 5. The smallest absolute Gasteiger partial charge is 0.197 e. The Labute approximate surface area is 148 Å². The maximum absolute atomic E-state index is 12.8. The molecule has 0 saturated carbocycles. The van der Waals surface area contributed by atoms with Crippen LogP contribution in [-0.4, -0.2) is 32.4 Å². The molecule has 0 saturated heterocycles. The lowest BCUT2D eigenvalue weighted by Crippen LogP contribution is -2.04. The third-order valence-corrected chi connectivity index (χ3v) is 5.47. The fourth-order valence-corrected chi connectivity index (χ4v) is 4.08. The molecule has 1 aromatic carbocycles. The normalized spacial score (nSPS) is 14.3. The molecular weight excluding hydrogens is 338 g/mol. The number of nitrogens with zero attached hydrogens (tertiary/aromatic N) is 2. The number of aromatic amines is 1. The van der Waals surface area contributed by atoms with Crippen LogP contribution in [0.1, 0.15) is 23.7 Å². The van der Waals surface area contributed by atoms with Crippen molar-refractivity contribution < 1.29 is 13.7 Å². The average molecular weight is 357 g/mol. The monoisotopic (exact) mass is 357 g/mol. The van der Waals surface area contributed by atoms with Gasteiger partial charge in [-0.05, 0) is 31.5 Å². The Morgan fingerprint density at radius 2 is 2.28 bits per heavy atom. The molecule has 7 heteroatoms. The Balaban J connectivity index is 1.61. The number of nitrogens with one attached hydrogen (secondary N) is 1. The summed E-state index contributed by atoms with van der Waals surface area (Å²) in [5, 5.41) is 0.460. The van der Waals surface area contributed by atoms with E-state index in [9.17, 15) is 4.21 Å². The second kappa shape index (κ2) is 6.48. The molecule has 0 spiro atoms. The molecule has 6 nitrogen and oxygen atoms in total. The summed E-state index contributed by atoms with van der Waals surface area (Å²) < 4.78 is 23.9. The van der Waals surface area contributed by atoms with E-state index in [-0.39, 0.29) is 0 Å². The molecule has 2 aromatic heterocycles. The highest BCUT2D eigenvalue weighted by atomic mass is 32.2. The number of aromatic nitrogens is 3. The highest BCUT2D eigenvalue weighted by Gasteiger charge is 2.18. The van der Waals surface area contributed by atoms with Gasteiger partial charge in [-0.3, -0.25) is 9.19 Å². The second-order valence-electron chi connectivity index (χ2n) is 5.92. The third-order valence-electron chi connectivity index (χ3n) is 4.31. The quantitative estimate of drug-likeness (QED) is 0.760. The molecule has 0 bridgehead atoms. The molecule has 4 rings (SSSR count). The van der Waals surface area contributed by atoms with Crippen molar-refractivity contribution >= 4 is 21.8 Å². The SMILES string of the molecule is CCOc1ccnc(CS(=O)c2nc3cc4c(cc3[nH]2)CCO4)c1C. The number of pyridine rings is 1. The number of benzene rings is 1. The van der Waals surface area contributed by atoms with Crippen molar-refractivity contribution in [1.29, 1.82) is 0 Å². The van der Waals surface area contributed by atoms with Gasteiger partial charge in [0.15, 0.2) is 5.16 Å². The van der Waals surface area contributed by atoms with E-state index in [2.05, 4.69) is 15.0 Å². The Kier molecular flexibility index (Phi) is 4.17. The fraction of sp³-hybridized carbons (Fsp3) is 0.333. The first-order valence-electron chi connectivity index (χ1n) is 8.27. The van der Waals surface area contributed by atoms with E-state index in [0.717, 1.165) is 45.8 Å². The molecule has 130 valence electrons. The van der Waals surface area contributed by atoms with Crippen LogP contribution in [0.5, 0.6) is 11.5 Å². The second-order valence-corrected chi connectivity index (χ2v) is 7.29. The highest BCUT2D eigenvalue weighted by molar-refractivity contribution is 7.84. The summed E-state index contributed by atoms with van der Waals surface area (Å²) in [6.45, 7) is 5.17. The van der Waals surface area contributed by atoms with Gasteiger partial charge < -0.3 is 14.5 Å². The van der Waals surface area contributed by atoms with E-state index in [0.29, 0.717) is 24.1 Å². The number of imidazole rings is 1. The number of fused-ring (bicyclic) bond motifs is 2. The zero-order valence-electron chi connectivity index (χ0n) is 14.2. The molecule has 0 fully saturated rings. The van der Waals surface area contributed by atoms with Crippen LogP contribution < -0.4 is 9.47 Å². The van der Waals surface area contributed by atoms with Gasteiger partial charge >= 0.3 is 0 Å². The Morgan fingerprint density at radius 3 is 3.12 bits per heavy atom. The van der Waals surface area contributed by atoms with Gasteiger partial charge in [0, 0.05) is 24.2 Å². The van der Waals surface area contributed by atoms with Crippen LogP contribution in [-0.2, 0) is 23.0 Å². The van der Waals surface area contributed by atoms with Crippen LogP contribution >= 0.6 is 0 Å². The molecule has 25 heavy (non-hydrogen) atoms. The van der Waals surface area contributed by atoms with Crippen molar-refractivity contribution in [3.63, 3.8) is 0 Å². The predicted octanol–water partition coefficient (Wildman–Crippen LogP) is 2.91. The molecule has 3 aromatic rings. The van der Waals surface area contributed by atoms with E-state index in [4.69, 9.17) is 9.47 Å². The summed E-state index contributed by atoms with van der Waals surface area (Å²) in [6.07, 6.45) is 2.58. The first-order chi connectivity index (χ1) is 12.2. The zero-order chi connectivity index (χ0) is 17.4. The summed E-state index contributed by atoms with van der Waals surface area (Å²) in [6, 6.07) is 5.77. The number of H-pyrrole nitrogens is 1. The molecule has 1 aliphatic rings. The zero-order valence-corrected chi connectivity index (χ0v) is 15.0. The van der Waals surface area contributed by atoms with Crippen molar-refractivity contribution in [2.75, 3.05) is 13.2 Å². The van der Waals surface area contributed by atoms with Gasteiger partial charge in [-0.1, -0.05) is 0 Å². The van der Waals surface area contributed by atoms with Crippen LogP contribution in [0.2, 0.25) is 0 Å². The van der Waals surface area contributed by atoms with E-state index in [1.54, 1.807) is 6.20 Å². The molecule has 1 atom stereocenters. The number of ether oxygens (including phenoxy) is 2. The summed E-state index contributed by atoms with van der Waals surface area (Å²) >= 11 is 0. The van der Waals surface area contributed by atoms with Crippen molar-refractivity contribution in [3.05, 3.63) is 41.2 Å². The summed E-state index contributed by atoms with van der Waals surface area (Å²) in [5.74, 6) is 1.95. The van der Waals surface area contributed by atoms with Crippen LogP contribution in [0.25, 0.3) is 11.0 Å². The van der Waals surface area contributed by atoms with Gasteiger partial charge in [0.05, 0.1) is 46.5 Å². The van der Waals surface area contributed by atoms with Gasteiger partial charge in [-0.25, -0.2) is 4.98 Å². The molecule has 3 heterocycles. The summed E-state index contributed by atoms with van der Waals surface area (Å²) in [7, 11) is -1.31. The van der Waals surface area contributed by atoms with Crippen LogP contribution in [0, 0.1) is 6.92 Å². The van der Waals surface area contributed by atoms with Gasteiger partial charge in [-0.15, -0.1) is 0 Å². The molecular formula is C18H19N3O3S. The van der Waals surface area contributed by atoms with Gasteiger partial charge in [0.25, 0.3) is 0 Å². The minimum Gasteiger partial charge on any atom is -0.493 e. The Hall–Kier alpha value is -2.41. The topological polar surface area (TPSA) is 77.1 Å². The van der Waals surface area contributed by atoms with Gasteiger partial charge in [-0.2, -0.15) is 0 Å². The molecule has 0 aliphatic carbocycles. The predicted molar refractivity (Wildman–Crippen MR) is 95.5 cm³/mol. The molecule has 0 radical (unpaired) electrons. The van der Waals surface area contributed by atoms with Gasteiger partial charge in [0.2, 0.25) is 0 Å². The summed E-state index contributed by atoms with van der Waals surface area (Å²) in [4.78, 5) is 12.0. The maximum Gasteiger partial charge on any atom is 0.197 e. The number of hydrogen-bond donors (Lipinski definition) is 1. The lowest BCUT2D eigenvalue weighted by Gasteiger charge is -2.09. The van der Waals surface area contributed by atoms with Crippen LogP contribution in [0.3, 0.4) is 0 Å². The van der Waals surface area contributed by atoms with Crippen molar-refractivity contribution in [3.8, 4) is 11.5 Å². The standard InChI is InChI=1S/C18H19N3O3S/c1-3-23-16-4-6-19-15(11(16)2)10-25(22)18-20-13-8-12-5-7-24-17(12)9-14(13)21-18/h4,6,8-9H,3,5,7,10H2,1-2H3,(H,20,21). The van der Waals surface area contributed by atoms with Crippen LogP contribution in [0.4, 0.5) is 0 Å². The minimum atomic E-state index is -1.31. The minimum absolute atomic E-state index is 0.294. The fourth-order valence-electron chi connectivity index (χ4n) is 2.98. The molecule has 1 aliphatic heterocycles.